The normalized spacial score (nSPS) is 29.3. The molecule has 3 N–H and O–H groups in total. The van der Waals surface area contributed by atoms with Crippen LogP contribution in [0.4, 0.5) is 0 Å². The molecule has 3 heteroatoms. The summed E-state index contributed by atoms with van der Waals surface area (Å²) < 4.78 is 0. The maximum absolute atomic E-state index is 5.64. The summed E-state index contributed by atoms with van der Waals surface area (Å²) in [5.74, 6) is 2.32. The molecule has 1 rings (SSSR count). The molecule has 82 valence electrons. The van der Waals surface area contributed by atoms with Crippen molar-refractivity contribution < 1.29 is 0 Å². The Morgan fingerprint density at radius 3 is 2.29 bits per heavy atom. The second-order valence-corrected chi connectivity index (χ2v) is 4.61. The van der Waals surface area contributed by atoms with Crippen LogP contribution >= 0.6 is 0 Å². The fraction of sp³-hybridized carbons (Fsp3) is 0.909. The molecule has 0 bridgehead atoms. The summed E-state index contributed by atoms with van der Waals surface area (Å²) >= 11 is 0. The lowest BCUT2D eigenvalue weighted by Gasteiger charge is -2.31. The summed E-state index contributed by atoms with van der Waals surface area (Å²) in [5.41, 5.74) is 5.64. The fourth-order valence-electron chi connectivity index (χ4n) is 2.20. The molecule has 0 aliphatic heterocycles. The molecule has 3 nitrogen and oxygen atoms in total. The zero-order valence-electron chi connectivity index (χ0n) is 9.59. The second-order valence-electron chi connectivity index (χ2n) is 4.61. The highest BCUT2D eigenvalue weighted by molar-refractivity contribution is 5.77. The van der Waals surface area contributed by atoms with Crippen molar-refractivity contribution >= 4 is 5.96 Å². The molecule has 14 heavy (non-hydrogen) atoms. The number of nitrogens with two attached hydrogens (primary N) is 1. The summed E-state index contributed by atoms with van der Waals surface area (Å²) in [7, 11) is 1.72. The summed E-state index contributed by atoms with van der Waals surface area (Å²) in [5, 5.41) is 3.26. The number of rotatable bonds is 2. The van der Waals surface area contributed by atoms with Crippen LogP contribution in [0.3, 0.4) is 0 Å². The van der Waals surface area contributed by atoms with Gasteiger partial charge in [-0.1, -0.05) is 13.8 Å². The van der Waals surface area contributed by atoms with E-state index in [1.807, 2.05) is 0 Å². The molecule has 0 atom stereocenters. The van der Waals surface area contributed by atoms with Gasteiger partial charge in [-0.05, 0) is 37.5 Å². The standard InChI is InChI=1S/C11H23N3/c1-8(2)9-4-6-10(7-5-9)14-11(12)13-3/h8-10H,4-7H2,1-3H3,(H3,12,13,14). The van der Waals surface area contributed by atoms with Crippen molar-refractivity contribution in [2.75, 3.05) is 7.05 Å². The first-order chi connectivity index (χ1) is 6.63. The Morgan fingerprint density at radius 2 is 1.86 bits per heavy atom. The SMILES string of the molecule is CN=C(N)NC1CCC(C(C)C)CC1. The van der Waals surface area contributed by atoms with Crippen LogP contribution in [-0.4, -0.2) is 19.0 Å². The van der Waals surface area contributed by atoms with Crippen LogP contribution in [0.2, 0.25) is 0 Å². The Labute approximate surface area is 87.2 Å². The molecule has 1 aliphatic carbocycles. The maximum atomic E-state index is 5.64. The third-order valence-corrected chi connectivity index (χ3v) is 3.31. The van der Waals surface area contributed by atoms with E-state index < -0.39 is 0 Å². The van der Waals surface area contributed by atoms with Crippen molar-refractivity contribution in [3.8, 4) is 0 Å². The Hall–Kier alpha value is -0.730. The third-order valence-electron chi connectivity index (χ3n) is 3.31. The topological polar surface area (TPSA) is 50.4 Å². The Morgan fingerprint density at radius 1 is 1.29 bits per heavy atom. The van der Waals surface area contributed by atoms with Gasteiger partial charge in [-0.25, -0.2) is 0 Å². The fourth-order valence-corrected chi connectivity index (χ4v) is 2.20. The maximum Gasteiger partial charge on any atom is 0.188 e. The minimum absolute atomic E-state index is 0.550. The zero-order valence-corrected chi connectivity index (χ0v) is 9.59. The van der Waals surface area contributed by atoms with Crippen LogP contribution in [0.25, 0.3) is 0 Å². The van der Waals surface area contributed by atoms with Gasteiger partial charge in [0.25, 0.3) is 0 Å². The Kier molecular flexibility index (Phi) is 4.23. The Balaban J connectivity index is 2.29. The average molecular weight is 197 g/mol. The molecule has 1 saturated carbocycles. The molecule has 1 fully saturated rings. The average Bonchev–Trinajstić information content (AvgIpc) is 2.18. The molecular formula is C11H23N3. The van der Waals surface area contributed by atoms with E-state index in [1.165, 1.54) is 25.7 Å². The van der Waals surface area contributed by atoms with Gasteiger partial charge >= 0.3 is 0 Å². The van der Waals surface area contributed by atoms with Crippen molar-refractivity contribution in [1.29, 1.82) is 0 Å². The quantitative estimate of drug-likeness (QED) is 0.523. The lowest BCUT2D eigenvalue weighted by molar-refractivity contribution is 0.250. The zero-order chi connectivity index (χ0) is 10.6. The number of guanidine groups is 1. The molecule has 0 aromatic rings. The molecular weight excluding hydrogens is 174 g/mol. The third kappa shape index (κ3) is 3.20. The highest BCUT2D eigenvalue weighted by Crippen LogP contribution is 2.29. The van der Waals surface area contributed by atoms with Crippen LogP contribution in [0.5, 0.6) is 0 Å². The molecule has 0 radical (unpaired) electrons. The van der Waals surface area contributed by atoms with Gasteiger partial charge in [0.15, 0.2) is 5.96 Å². The lowest BCUT2D eigenvalue weighted by Crippen LogP contribution is -2.42. The number of hydrogen-bond donors (Lipinski definition) is 2. The molecule has 0 saturated heterocycles. The first-order valence-corrected chi connectivity index (χ1v) is 5.62. The molecule has 0 heterocycles. The predicted molar refractivity (Wildman–Crippen MR) is 61.3 cm³/mol. The van der Waals surface area contributed by atoms with E-state index in [9.17, 15) is 0 Å². The molecule has 0 unspecified atom stereocenters. The smallest absolute Gasteiger partial charge is 0.188 e. The molecule has 0 spiro atoms. The second kappa shape index (κ2) is 5.23. The van der Waals surface area contributed by atoms with Crippen molar-refractivity contribution in [2.45, 2.75) is 45.6 Å². The number of nitrogens with one attached hydrogen (secondary N) is 1. The highest BCUT2D eigenvalue weighted by Gasteiger charge is 2.23. The van der Waals surface area contributed by atoms with E-state index in [-0.39, 0.29) is 0 Å². The minimum atomic E-state index is 0.550. The molecule has 0 aromatic carbocycles. The van der Waals surface area contributed by atoms with Crippen LogP contribution in [0.15, 0.2) is 4.99 Å². The van der Waals surface area contributed by atoms with Crippen LogP contribution in [0.1, 0.15) is 39.5 Å². The van der Waals surface area contributed by atoms with Crippen molar-refractivity contribution in [3.05, 3.63) is 0 Å². The van der Waals surface area contributed by atoms with Gasteiger partial charge in [0, 0.05) is 13.1 Å². The van der Waals surface area contributed by atoms with Crippen molar-refractivity contribution in [2.24, 2.45) is 22.6 Å². The van der Waals surface area contributed by atoms with E-state index in [4.69, 9.17) is 5.73 Å². The Bertz CT molecular complexity index is 191. The summed E-state index contributed by atoms with van der Waals surface area (Å²) in [6, 6.07) is 0.550. The van der Waals surface area contributed by atoms with E-state index in [0.717, 1.165) is 11.8 Å². The van der Waals surface area contributed by atoms with E-state index in [2.05, 4.69) is 24.2 Å². The highest BCUT2D eigenvalue weighted by atomic mass is 15.1. The summed E-state index contributed by atoms with van der Waals surface area (Å²) in [4.78, 5) is 3.92. The summed E-state index contributed by atoms with van der Waals surface area (Å²) in [6.45, 7) is 4.64. The van der Waals surface area contributed by atoms with Gasteiger partial charge in [0.1, 0.15) is 0 Å². The van der Waals surface area contributed by atoms with E-state index in [1.54, 1.807) is 7.05 Å². The lowest BCUT2D eigenvalue weighted by atomic mass is 9.80. The van der Waals surface area contributed by atoms with Crippen LogP contribution in [0, 0.1) is 11.8 Å². The van der Waals surface area contributed by atoms with Gasteiger partial charge < -0.3 is 11.1 Å². The largest absolute Gasteiger partial charge is 0.370 e. The van der Waals surface area contributed by atoms with Gasteiger partial charge in [0.05, 0.1) is 0 Å². The van der Waals surface area contributed by atoms with Crippen LogP contribution in [-0.2, 0) is 0 Å². The molecule has 0 amide bonds. The monoisotopic (exact) mass is 197 g/mol. The van der Waals surface area contributed by atoms with Gasteiger partial charge in [0.2, 0.25) is 0 Å². The van der Waals surface area contributed by atoms with Crippen LogP contribution < -0.4 is 11.1 Å². The van der Waals surface area contributed by atoms with Gasteiger partial charge in [-0.2, -0.15) is 0 Å². The first-order valence-electron chi connectivity index (χ1n) is 5.62. The minimum Gasteiger partial charge on any atom is -0.370 e. The molecule has 0 aromatic heterocycles. The first kappa shape index (κ1) is 11.3. The van der Waals surface area contributed by atoms with Gasteiger partial charge in [-0.15, -0.1) is 0 Å². The van der Waals surface area contributed by atoms with E-state index in [0.29, 0.717) is 12.0 Å². The number of aliphatic imine (C=N–C) groups is 1. The van der Waals surface area contributed by atoms with Crippen molar-refractivity contribution in [1.82, 2.24) is 5.32 Å². The predicted octanol–water partition coefficient (Wildman–Crippen LogP) is 1.74. The number of hydrogen-bond acceptors (Lipinski definition) is 1. The molecule has 1 aliphatic rings. The summed E-state index contributed by atoms with van der Waals surface area (Å²) in [6.07, 6.45) is 5.12. The van der Waals surface area contributed by atoms with Crippen molar-refractivity contribution in [3.63, 3.8) is 0 Å². The van der Waals surface area contributed by atoms with Gasteiger partial charge in [-0.3, -0.25) is 4.99 Å². The van der Waals surface area contributed by atoms with E-state index >= 15 is 0 Å². The number of nitrogens with zero attached hydrogens (tertiary/aromatic N) is 1.